The fourth-order valence-corrected chi connectivity index (χ4v) is 5.99. The third-order valence-electron chi connectivity index (χ3n) is 7.87. The molecule has 0 unspecified atom stereocenters. The molecule has 2 saturated carbocycles. The molecule has 0 spiro atoms. The standard InChI is InChI=1S/C27H38F2O3/c1-3-5-18-6-8-19(9-7-18)22-16-31-27(32-17-22)21-12-10-20(11-13-21)23-14-15-24(30-4-2)26(29)25(23)28/h3,5,14-15,18-22,27H,4,6-13,16-17H2,1-2H3/b5-3+. The first kappa shape index (κ1) is 23.7. The first-order valence-electron chi connectivity index (χ1n) is 12.6. The van der Waals surface area contributed by atoms with Gasteiger partial charge in [0.05, 0.1) is 19.8 Å². The van der Waals surface area contributed by atoms with Crippen LogP contribution in [0, 0.1) is 35.3 Å². The van der Waals surface area contributed by atoms with Crippen LogP contribution in [0.15, 0.2) is 24.3 Å². The molecule has 1 aromatic rings. The van der Waals surface area contributed by atoms with Crippen molar-refractivity contribution >= 4 is 0 Å². The van der Waals surface area contributed by atoms with E-state index in [9.17, 15) is 8.78 Å². The number of benzene rings is 1. The van der Waals surface area contributed by atoms with E-state index in [0.717, 1.165) is 44.8 Å². The van der Waals surface area contributed by atoms with Gasteiger partial charge in [-0.15, -0.1) is 0 Å². The van der Waals surface area contributed by atoms with Crippen molar-refractivity contribution in [2.45, 2.75) is 77.4 Å². The Hall–Kier alpha value is -1.46. The molecule has 1 aromatic carbocycles. The molecular weight excluding hydrogens is 410 g/mol. The SMILES string of the molecule is C/C=C/C1CCC(C2COC(C3CCC(c4ccc(OCC)c(F)c4F)CC3)OC2)CC1. The van der Waals surface area contributed by atoms with E-state index in [0.29, 0.717) is 29.9 Å². The summed E-state index contributed by atoms with van der Waals surface area (Å²) >= 11 is 0. The number of allylic oxidation sites excluding steroid dienone is 2. The average molecular weight is 449 g/mol. The van der Waals surface area contributed by atoms with Gasteiger partial charge >= 0.3 is 0 Å². The molecule has 1 heterocycles. The first-order valence-corrected chi connectivity index (χ1v) is 12.6. The van der Waals surface area contributed by atoms with Crippen LogP contribution < -0.4 is 4.74 Å². The van der Waals surface area contributed by atoms with Gasteiger partial charge in [-0.3, -0.25) is 0 Å². The monoisotopic (exact) mass is 448 g/mol. The molecule has 0 N–H and O–H groups in total. The first-order chi connectivity index (χ1) is 15.6. The molecule has 178 valence electrons. The molecule has 0 radical (unpaired) electrons. The minimum atomic E-state index is -0.865. The molecule has 1 saturated heterocycles. The normalized spacial score (nSPS) is 34.0. The summed E-state index contributed by atoms with van der Waals surface area (Å²) in [6, 6.07) is 3.25. The fourth-order valence-electron chi connectivity index (χ4n) is 5.99. The summed E-state index contributed by atoms with van der Waals surface area (Å²) < 4.78 is 46.4. The van der Waals surface area contributed by atoms with Gasteiger partial charge in [0.2, 0.25) is 5.82 Å². The molecule has 3 aliphatic rings. The van der Waals surface area contributed by atoms with E-state index < -0.39 is 11.6 Å². The van der Waals surface area contributed by atoms with E-state index in [-0.39, 0.29) is 18.0 Å². The van der Waals surface area contributed by atoms with E-state index in [4.69, 9.17) is 14.2 Å². The lowest BCUT2D eigenvalue weighted by atomic mass is 9.75. The average Bonchev–Trinajstić information content (AvgIpc) is 2.83. The molecule has 0 bridgehead atoms. The van der Waals surface area contributed by atoms with Crippen molar-refractivity contribution in [2.75, 3.05) is 19.8 Å². The van der Waals surface area contributed by atoms with Crippen LogP contribution in [0.3, 0.4) is 0 Å². The van der Waals surface area contributed by atoms with Crippen molar-refractivity contribution in [1.29, 1.82) is 0 Å². The highest BCUT2D eigenvalue weighted by Gasteiger charge is 2.36. The third-order valence-corrected chi connectivity index (χ3v) is 7.87. The van der Waals surface area contributed by atoms with Crippen molar-refractivity contribution in [3.63, 3.8) is 0 Å². The maximum atomic E-state index is 14.6. The van der Waals surface area contributed by atoms with Gasteiger partial charge in [0.1, 0.15) is 0 Å². The Morgan fingerprint density at radius 3 is 2.16 bits per heavy atom. The minimum absolute atomic E-state index is 0.00342. The summed E-state index contributed by atoms with van der Waals surface area (Å²) in [5.74, 6) is 0.733. The fraction of sp³-hybridized carbons (Fsp3) is 0.704. The largest absolute Gasteiger partial charge is 0.491 e. The Bertz CT molecular complexity index is 756. The Labute approximate surface area is 191 Å². The number of rotatable bonds is 6. The topological polar surface area (TPSA) is 27.7 Å². The smallest absolute Gasteiger partial charge is 0.200 e. The van der Waals surface area contributed by atoms with E-state index in [1.807, 2.05) is 0 Å². The van der Waals surface area contributed by atoms with Gasteiger partial charge in [-0.2, -0.15) is 4.39 Å². The van der Waals surface area contributed by atoms with Gasteiger partial charge in [0.15, 0.2) is 17.9 Å². The summed E-state index contributed by atoms with van der Waals surface area (Å²) in [5.41, 5.74) is 0.475. The zero-order valence-electron chi connectivity index (χ0n) is 19.5. The van der Waals surface area contributed by atoms with Crippen molar-refractivity contribution in [2.24, 2.45) is 23.7 Å². The highest BCUT2D eigenvalue weighted by Crippen LogP contribution is 2.42. The van der Waals surface area contributed by atoms with E-state index >= 15 is 0 Å². The molecule has 0 aromatic heterocycles. The molecule has 3 nitrogen and oxygen atoms in total. The molecular formula is C27H38F2O3. The van der Waals surface area contributed by atoms with Crippen molar-refractivity contribution in [3.8, 4) is 5.75 Å². The molecule has 4 rings (SSSR count). The van der Waals surface area contributed by atoms with Gasteiger partial charge in [-0.25, -0.2) is 4.39 Å². The highest BCUT2D eigenvalue weighted by atomic mass is 19.2. The lowest BCUT2D eigenvalue weighted by Crippen LogP contribution is -2.41. The Kier molecular flexibility index (Phi) is 8.22. The van der Waals surface area contributed by atoms with Gasteiger partial charge in [-0.05, 0) is 94.6 Å². The third kappa shape index (κ3) is 5.36. The van der Waals surface area contributed by atoms with Crippen LogP contribution in [0.2, 0.25) is 0 Å². The predicted molar refractivity (Wildman–Crippen MR) is 122 cm³/mol. The summed E-state index contributed by atoms with van der Waals surface area (Å²) in [4.78, 5) is 0. The molecule has 5 heteroatoms. The van der Waals surface area contributed by atoms with Crippen LogP contribution in [0.1, 0.15) is 76.7 Å². The van der Waals surface area contributed by atoms with Gasteiger partial charge in [-0.1, -0.05) is 18.2 Å². The number of hydrogen-bond donors (Lipinski definition) is 0. The summed E-state index contributed by atoms with van der Waals surface area (Å²) in [5, 5.41) is 0. The van der Waals surface area contributed by atoms with Crippen LogP contribution in [-0.4, -0.2) is 26.1 Å². The molecule has 0 atom stereocenters. The van der Waals surface area contributed by atoms with Crippen LogP contribution in [0.25, 0.3) is 0 Å². The maximum Gasteiger partial charge on any atom is 0.200 e. The van der Waals surface area contributed by atoms with E-state index in [1.54, 1.807) is 19.1 Å². The number of ether oxygens (including phenoxy) is 3. The van der Waals surface area contributed by atoms with Crippen LogP contribution >= 0.6 is 0 Å². The Morgan fingerprint density at radius 2 is 1.53 bits per heavy atom. The second-order valence-electron chi connectivity index (χ2n) is 9.82. The Morgan fingerprint density at radius 1 is 0.875 bits per heavy atom. The van der Waals surface area contributed by atoms with Crippen molar-refractivity contribution in [3.05, 3.63) is 41.5 Å². The quantitative estimate of drug-likeness (QED) is 0.438. The second-order valence-corrected chi connectivity index (χ2v) is 9.82. The zero-order valence-corrected chi connectivity index (χ0v) is 19.5. The van der Waals surface area contributed by atoms with Gasteiger partial charge < -0.3 is 14.2 Å². The predicted octanol–water partition coefficient (Wildman–Crippen LogP) is 7.01. The summed E-state index contributed by atoms with van der Waals surface area (Å²) in [6.45, 7) is 5.78. The van der Waals surface area contributed by atoms with Crippen LogP contribution in [-0.2, 0) is 9.47 Å². The second kappa shape index (κ2) is 11.1. The molecule has 32 heavy (non-hydrogen) atoms. The van der Waals surface area contributed by atoms with E-state index in [1.165, 1.54) is 25.7 Å². The van der Waals surface area contributed by atoms with Crippen molar-refractivity contribution < 1.29 is 23.0 Å². The molecule has 1 aliphatic heterocycles. The van der Waals surface area contributed by atoms with Gasteiger partial charge in [0.25, 0.3) is 0 Å². The maximum absolute atomic E-state index is 14.6. The summed E-state index contributed by atoms with van der Waals surface area (Å²) in [7, 11) is 0. The molecule has 3 fully saturated rings. The van der Waals surface area contributed by atoms with Crippen LogP contribution in [0.5, 0.6) is 5.75 Å². The lowest BCUT2D eigenvalue weighted by Gasteiger charge is -2.41. The summed E-state index contributed by atoms with van der Waals surface area (Å²) in [6.07, 6.45) is 13.0. The molecule has 0 amide bonds. The van der Waals surface area contributed by atoms with Crippen LogP contribution in [0.4, 0.5) is 8.78 Å². The number of halogens is 2. The van der Waals surface area contributed by atoms with Crippen molar-refractivity contribution in [1.82, 2.24) is 0 Å². The zero-order chi connectivity index (χ0) is 22.5. The molecule has 2 aliphatic carbocycles. The number of hydrogen-bond acceptors (Lipinski definition) is 3. The minimum Gasteiger partial charge on any atom is -0.491 e. The highest BCUT2D eigenvalue weighted by molar-refractivity contribution is 5.33. The lowest BCUT2D eigenvalue weighted by molar-refractivity contribution is -0.236. The Balaban J connectivity index is 1.24. The van der Waals surface area contributed by atoms with E-state index in [2.05, 4.69) is 19.1 Å². The van der Waals surface area contributed by atoms with Gasteiger partial charge in [0, 0.05) is 11.8 Å².